The Hall–Kier alpha value is -3.55. The first-order valence-electron chi connectivity index (χ1n) is 12.3. The standard InChI is InChI=1S/C29H24ClN3O3S/c1-17-2-13-23-25(14-17)37-28(31-23)19-5-9-22(10-6-19)33-27(35)16-24(29(33)36)32(21-11-12-21)26(34)15-18-3-7-20(30)8-4-18/h2-10,13-14,21,24H,11-12,15-16H2,1H3. The summed E-state index contributed by atoms with van der Waals surface area (Å²) in [4.78, 5) is 47.3. The molecule has 0 N–H and O–H groups in total. The molecule has 2 fully saturated rings. The van der Waals surface area contributed by atoms with Gasteiger partial charge >= 0.3 is 0 Å². The topological polar surface area (TPSA) is 70.6 Å². The lowest BCUT2D eigenvalue weighted by Crippen LogP contribution is -2.47. The van der Waals surface area contributed by atoms with Gasteiger partial charge in [-0.1, -0.05) is 29.8 Å². The zero-order valence-corrected chi connectivity index (χ0v) is 21.8. The largest absolute Gasteiger partial charge is 0.327 e. The Kier molecular flexibility index (Phi) is 6.05. The van der Waals surface area contributed by atoms with Crippen molar-refractivity contribution in [2.24, 2.45) is 0 Å². The predicted octanol–water partition coefficient (Wildman–Crippen LogP) is 5.79. The lowest BCUT2D eigenvalue weighted by Gasteiger charge is -2.27. The Morgan fingerprint density at radius 2 is 1.78 bits per heavy atom. The van der Waals surface area contributed by atoms with Crippen LogP contribution in [0.4, 0.5) is 5.69 Å². The highest BCUT2D eigenvalue weighted by Gasteiger charge is 2.48. The number of nitrogens with zero attached hydrogens (tertiary/aromatic N) is 3. The van der Waals surface area contributed by atoms with Crippen LogP contribution in [0.1, 0.15) is 30.4 Å². The van der Waals surface area contributed by atoms with E-state index in [1.807, 2.05) is 36.4 Å². The van der Waals surface area contributed by atoms with Crippen LogP contribution in [0, 0.1) is 6.92 Å². The molecule has 0 spiro atoms. The minimum atomic E-state index is -0.771. The maximum atomic E-state index is 13.5. The third-order valence-corrected chi connectivity index (χ3v) is 8.19. The van der Waals surface area contributed by atoms with E-state index in [2.05, 4.69) is 13.0 Å². The highest BCUT2D eigenvalue weighted by molar-refractivity contribution is 7.21. The zero-order valence-electron chi connectivity index (χ0n) is 20.2. The Morgan fingerprint density at radius 1 is 1.05 bits per heavy atom. The molecule has 6 nitrogen and oxygen atoms in total. The summed E-state index contributed by atoms with van der Waals surface area (Å²) in [6.45, 7) is 2.06. The number of halogens is 1. The second-order valence-electron chi connectivity index (χ2n) is 9.66. The molecular formula is C29H24ClN3O3S. The van der Waals surface area contributed by atoms with Gasteiger partial charge in [0.1, 0.15) is 11.0 Å². The van der Waals surface area contributed by atoms with Gasteiger partial charge < -0.3 is 4.90 Å². The Morgan fingerprint density at radius 3 is 2.49 bits per heavy atom. The minimum Gasteiger partial charge on any atom is -0.327 e. The molecule has 3 aromatic carbocycles. The number of hydrogen-bond acceptors (Lipinski definition) is 5. The zero-order chi connectivity index (χ0) is 25.7. The molecule has 6 rings (SSSR count). The van der Waals surface area contributed by atoms with Crippen LogP contribution in [0.25, 0.3) is 20.8 Å². The number of imide groups is 1. The van der Waals surface area contributed by atoms with Crippen LogP contribution >= 0.6 is 22.9 Å². The number of carbonyl (C=O) groups excluding carboxylic acids is 3. The summed E-state index contributed by atoms with van der Waals surface area (Å²) in [6.07, 6.45) is 1.87. The van der Waals surface area contributed by atoms with Crippen LogP contribution in [0.5, 0.6) is 0 Å². The lowest BCUT2D eigenvalue weighted by atomic mass is 10.1. The van der Waals surface area contributed by atoms with E-state index in [0.29, 0.717) is 10.7 Å². The quantitative estimate of drug-likeness (QED) is 0.296. The molecule has 37 heavy (non-hydrogen) atoms. The summed E-state index contributed by atoms with van der Waals surface area (Å²) in [7, 11) is 0. The van der Waals surface area contributed by atoms with Crippen molar-refractivity contribution in [2.45, 2.75) is 44.7 Å². The molecule has 1 atom stereocenters. The van der Waals surface area contributed by atoms with E-state index in [-0.39, 0.29) is 36.6 Å². The molecule has 4 aromatic rings. The molecule has 1 aromatic heterocycles. The first-order chi connectivity index (χ1) is 17.9. The molecule has 1 aliphatic carbocycles. The number of carbonyl (C=O) groups is 3. The van der Waals surface area contributed by atoms with Gasteiger partial charge in [-0.25, -0.2) is 9.88 Å². The highest BCUT2D eigenvalue weighted by Crippen LogP contribution is 2.36. The van der Waals surface area contributed by atoms with Crippen LogP contribution in [-0.2, 0) is 20.8 Å². The number of rotatable bonds is 6. The molecule has 0 bridgehead atoms. The molecule has 1 saturated carbocycles. The molecule has 1 unspecified atom stereocenters. The number of fused-ring (bicyclic) bond motifs is 1. The second-order valence-corrected chi connectivity index (χ2v) is 11.1. The molecular weight excluding hydrogens is 506 g/mol. The molecule has 3 amide bonds. The Balaban J connectivity index is 1.22. The van der Waals surface area contributed by atoms with E-state index in [0.717, 1.165) is 39.2 Å². The average molecular weight is 530 g/mol. The van der Waals surface area contributed by atoms with E-state index < -0.39 is 6.04 Å². The Bertz CT molecular complexity index is 1530. The first-order valence-corrected chi connectivity index (χ1v) is 13.5. The van der Waals surface area contributed by atoms with E-state index in [9.17, 15) is 14.4 Å². The van der Waals surface area contributed by atoms with Gasteiger partial charge in [0.25, 0.3) is 5.91 Å². The van der Waals surface area contributed by atoms with Crippen LogP contribution in [0.3, 0.4) is 0 Å². The number of amides is 3. The van der Waals surface area contributed by atoms with Gasteiger partial charge in [-0.2, -0.15) is 0 Å². The second kappa shape index (κ2) is 9.39. The van der Waals surface area contributed by atoms with Gasteiger partial charge in [-0.3, -0.25) is 14.4 Å². The maximum Gasteiger partial charge on any atom is 0.257 e. The maximum absolute atomic E-state index is 13.5. The summed E-state index contributed by atoms with van der Waals surface area (Å²) in [5, 5.41) is 1.49. The van der Waals surface area contributed by atoms with E-state index in [1.54, 1.807) is 40.5 Å². The first kappa shape index (κ1) is 23.8. The summed E-state index contributed by atoms with van der Waals surface area (Å²) in [5.41, 5.74) is 4.40. The molecule has 0 radical (unpaired) electrons. The highest BCUT2D eigenvalue weighted by atomic mass is 35.5. The SMILES string of the molecule is Cc1ccc2nc(-c3ccc(N4C(=O)CC(N(C(=O)Cc5ccc(Cl)cc5)C5CC5)C4=O)cc3)sc2c1. The average Bonchev–Trinajstić information content (AvgIpc) is 3.55. The Labute approximate surface area is 223 Å². The molecule has 1 aliphatic heterocycles. The number of aromatic nitrogens is 1. The van der Waals surface area contributed by atoms with Gasteiger partial charge in [0, 0.05) is 16.6 Å². The van der Waals surface area contributed by atoms with Crippen molar-refractivity contribution in [3.63, 3.8) is 0 Å². The summed E-state index contributed by atoms with van der Waals surface area (Å²) in [5.74, 6) is -0.771. The molecule has 1 saturated heterocycles. The van der Waals surface area contributed by atoms with Gasteiger partial charge in [-0.05, 0) is 79.4 Å². The molecule has 8 heteroatoms. The van der Waals surface area contributed by atoms with Crippen molar-refractivity contribution in [3.8, 4) is 10.6 Å². The van der Waals surface area contributed by atoms with Crippen LogP contribution in [-0.4, -0.2) is 39.7 Å². The van der Waals surface area contributed by atoms with Crippen LogP contribution in [0.15, 0.2) is 66.7 Å². The van der Waals surface area contributed by atoms with Crippen molar-refractivity contribution in [1.82, 2.24) is 9.88 Å². The smallest absolute Gasteiger partial charge is 0.257 e. The predicted molar refractivity (Wildman–Crippen MR) is 146 cm³/mol. The van der Waals surface area contributed by atoms with Crippen LogP contribution in [0.2, 0.25) is 5.02 Å². The van der Waals surface area contributed by atoms with Crippen LogP contribution < -0.4 is 4.90 Å². The fourth-order valence-electron chi connectivity index (χ4n) is 4.87. The number of aryl methyl sites for hydroxylation is 1. The third-order valence-electron chi connectivity index (χ3n) is 6.87. The van der Waals surface area contributed by atoms with Crippen molar-refractivity contribution in [1.29, 1.82) is 0 Å². The fourth-order valence-corrected chi connectivity index (χ4v) is 6.06. The normalized spacial score (nSPS) is 17.6. The van der Waals surface area contributed by atoms with E-state index in [4.69, 9.17) is 16.6 Å². The van der Waals surface area contributed by atoms with Gasteiger partial charge in [0.15, 0.2) is 0 Å². The summed E-state index contributed by atoms with van der Waals surface area (Å²) < 4.78 is 1.12. The number of anilines is 1. The van der Waals surface area contributed by atoms with Gasteiger partial charge in [-0.15, -0.1) is 11.3 Å². The molecule has 2 heterocycles. The van der Waals surface area contributed by atoms with Gasteiger partial charge in [0.2, 0.25) is 11.8 Å². The van der Waals surface area contributed by atoms with E-state index in [1.165, 1.54) is 10.5 Å². The van der Waals surface area contributed by atoms with Gasteiger partial charge in [0.05, 0.1) is 28.7 Å². The van der Waals surface area contributed by atoms with Crippen molar-refractivity contribution < 1.29 is 14.4 Å². The number of thiazole rings is 1. The van der Waals surface area contributed by atoms with Crippen molar-refractivity contribution in [3.05, 3.63) is 82.9 Å². The summed E-state index contributed by atoms with van der Waals surface area (Å²) >= 11 is 7.58. The van der Waals surface area contributed by atoms with E-state index >= 15 is 0 Å². The number of benzene rings is 3. The van der Waals surface area contributed by atoms with Crippen molar-refractivity contribution >= 4 is 56.6 Å². The number of hydrogen-bond donors (Lipinski definition) is 0. The third kappa shape index (κ3) is 4.65. The lowest BCUT2D eigenvalue weighted by molar-refractivity contribution is -0.138. The fraction of sp³-hybridized carbons (Fsp3) is 0.241. The minimum absolute atomic E-state index is 0.000658. The molecule has 186 valence electrons. The molecule has 2 aliphatic rings. The summed E-state index contributed by atoms with van der Waals surface area (Å²) in [6, 6.07) is 19.9. The monoisotopic (exact) mass is 529 g/mol. The van der Waals surface area contributed by atoms with Crippen molar-refractivity contribution in [2.75, 3.05) is 4.90 Å².